The van der Waals surface area contributed by atoms with E-state index in [1.807, 2.05) is 30.3 Å². The lowest BCUT2D eigenvalue weighted by atomic mass is 10.1. The molecule has 0 unspecified atom stereocenters. The van der Waals surface area contributed by atoms with Crippen LogP contribution < -0.4 is 0 Å². The summed E-state index contributed by atoms with van der Waals surface area (Å²) in [5.74, 6) is -0.823. The van der Waals surface area contributed by atoms with Crippen LogP contribution >= 0.6 is 11.3 Å². The van der Waals surface area contributed by atoms with Gasteiger partial charge in [-0.3, -0.25) is 9.78 Å². The van der Waals surface area contributed by atoms with Crippen molar-refractivity contribution in [2.24, 2.45) is 0 Å². The number of aromatic nitrogens is 2. The summed E-state index contributed by atoms with van der Waals surface area (Å²) in [5.41, 5.74) is 2.66. The van der Waals surface area contributed by atoms with Crippen molar-refractivity contribution in [3.8, 4) is 10.6 Å². The van der Waals surface area contributed by atoms with E-state index in [9.17, 15) is 4.79 Å². The Hall–Kier alpha value is -2.27. The Morgan fingerprint density at radius 3 is 2.95 bits per heavy atom. The van der Waals surface area contributed by atoms with Crippen LogP contribution in [0, 0.1) is 0 Å². The molecule has 1 N–H and O–H groups in total. The number of benzene rings is 1. The summed E-state index contributed by atoms with van der Waals surface area (Å²) in [6, 6.07) is 9.40. The van der Waals surface area contributed by atoms with Crippen LogP contribution in [0.2, 0.25) is 0 Å². The third-order valence-electron chi connectivity index (χ3n) is 2.72. The monoisotopic (exact) mass is 270 g/mol. The minimum atomic E-state index is -0.823. The quantitative estimate of drug-likeness (QED) is 0.794. The maximum Gasteiger partial charge on any atom is 0.307 e. The molecule has 0 bridgehead atoms. The van der Waals surface area contributed by atoms with Gasteiger partial charge in [-0.15, -0.1) is 11.3 Å². The molecule has 5 heteroatoms. The molecule has 4 nitrogen and oxygen atoms in total. The van der Waals surface area contributed by atoms with Gasteiger partial charge < -0.3 is 5.11 Å². The Labute approximate surface area is 113 Å². The maximum absolute atomic E-state index is 10.7. The second-order valence-corrected chi connectivity index (χ2v) is 5.16. The first-order valence-electron chi connectivity index (χ1n) is 5.74. The average molecular weight is 270 g/mol. The molecule has 0 aliphatic carbocycles. The lowest BCUT2D eigenvalue weighted by Gasteiger charge is -1.95. The van der Waals surface area contributed by atoms with Crippen molar-refractivity contribution < 1.29 is 9.90 Å². The second kappa shape index (κ2) is 4.78. The topological polar surface area (TPSA) is 63.1 Å². The molecule has 3 rings (SSSR count). The molecule has 0 amide bonds. The first kappa shape index (κ1) is 11.8. The summed E-state index contributed by atoms with van der Waals surface area (Å²) < 4.78 is 0.998. The molecule has 0 spiro atoms. The van der Waals surface area contributed by atoms with Crippen LogP contribution in [0.25, 0.3) is 20.8 Å². The zero-order valence-electron chi connectivity index (χ0n) is 9.91. The number of carboxylic acid groups (broad SMARTS) is 1. The summed E-state index contributed by atoms with van der Waals surface area (Å²) in [5, 5.41) is 9.70. The summed E-state index contributed by atoms with van der Waals surface area (Å²) in [4.78, 5) is 19.3. The number of fused-ring (bicyclic) bond motifs is 1. The number of rotatable bonds is 3. The molecule has 2 aromatic heterocycles. The number of thiazole rings is 1. The highest BCUT2D eigenvalue weighted by Gasteiger charge is 2.08. The normalized spacial score (nSPS) is 10.7. The lowest BCUT2D eigenvalue weighted by molar-refractivity contribution is -0.136. The van der Waals surface area contributed by atoms with Gasteiger partial charge in [0.2, 0.25) is 0 Å². The van der Waals surface area contributed by atoms with Crippen molar-refractivity contribution >= 4 is 27.5 Å². The van der Waals surface area contributed by atoms with Gasteiger partial charge in [-0.1, -0.05) is 6.07 Å². The zero-order valence-corrected chi connectivity index (χ0v) is 10.7. The van der Waals surface area contributed by atoms with Gasteiger partial charge in [0.25, 0.3) is 0 Å². The van der Waals surface area contributed by atoms with Gasteiger partial charge in [0.15, 0.2) is 0 Å². The van der Waals surface area contributed by atoms with E-state index in [0.717, 1.165) is 26.4 Å². The van der Waals surface area contributed by atoms with Gasteiger partial charge in [-0.05, 0) is 29.8 Å². The summed E-state index contributed by atoms with van der Waals surface area (Å²) in [6.45, 7) is 0. The van der Waals surface area contributed by atoms with Crippen LogP contribution in [0.15, 0.2) is 42.7 Å². The minimum Gasteiger partial charge on any atom is -0.481 e. The Kier molecular flexibility index (Phi) is 2.97. The fourth-order valence-electron chi connectivity index (χ4n) is 1.87. The van der Waals surface area contributed by atoms with Crippen LogP contribution in [-0.4, -0.2) is 21.0 Å². The average Bonchev–Trinajstić information content (AvgIpc) is 2.82. The molecular formula is C14H10N2O2S. The van der Waals surface area contributed by atoms with E-state index in [1.54, 1.807) is 23.7 Å². The van der Waals surface area contributed by atoms with E-state index in [-0.39, 0.29) is 6.42 Å². The van der Waals surface area contributed by atoms with Crippen LogP contribution in [-0.2, 0) is 11.2 Å². The Balaban J connectivity index is 2.04. The lowest BCUT2D eigenvalue weighted by Crippen LogP contribution is -1.99. The molecule has 0 saturated heterocycles. The highest BCUT2D eigenvalue weighted by atomic mass is 32.1. The molecule has 2 heterocycles. The fraction of sp³-hybridized carbons (Fsp3) is 0.0714. The van der Waals surface area contributed by atoms with Crippen molar-refractivity contribution in [3.05, 3.63) is 48.3 Å². The first-order valence-corrected chi connectivity index (χ1v) is 6.56. The third kappa shape index (κ3) is 2.46. The molecule has 1 aromatic carbocycles. The van der Waals surface area contributed by atoms with Gasteiger partial charge in [0, 0.05) is 18.0 Å². The predicted octanol–water partition coefficient (Wildman–Crippen LogP) is 2.99. The highest BCUT2D eigenvalue weighted by molar-refractivity contribution is 7.21. The number of nitrogens with zero attached hydrogens (tertiary/aromatic N) is 2. The largest absolute Gasteiger partial charge is 0.481 e. The van der Waals surface area contributed by atoms with E-state index in [2.05, 4.69) is 9.97 Å². The molecular weight excluding hydrogens is 260 g/mol. The van der Waals surface area contributed by atoms with E-state index >= 15 is 0 Å². The molecule has 3 aromatic rings. The van der Waals surface area contributed by atoms with E-state index in [4.69, 9.17) is 5.11 Å². The Bertz CT molecular complexity index is 738. The van der Waals surface area contributed by atoms with Crippen molar-refractivity contribution in [2.45, 2.75) is 6.42 Å². The number of hydrogen-bond acceptors (Lipinski definition) is 4. The molecule has 0 radical (unpaired) electrons. The van der Waals surface area contributed by atoms with Gasteiger partial charge in [0.05, 0.1) is 16.6 Å². The first-order chi connectivity index (χ1) is 9.22. The van der Waals surface area contributed by atoms with E-state index in [1.165, 1.54) is 0 Å². The highest BCUT2D eigenvalue weighted by Crippen LogP contribution is 2.30. The van der Waals surface area contributed by atoms with Gasteiger partial charge in [-0.25, -0.2) is 4.98 Å². The number of hydrogen-bond donors (Lipinski definition) is 1. The van der Waals surface area contributed by atoms with Gasteiger partial charge >= 0.3 is 5.97 Å². The van der Waals surface area contributed by atoms with Gasteiger partial charge in [0.1, 0.15) is 5.01 Å². The zero-order chi connectivity index (χ0) is 13.2. The fourth-order valence-corrected chi connectivity index (χ4v) is 2.89. The van der Waals surface area contributed by atoms with Gasteiger partial charge in [-0.2, -0.15) is 0 Å². The van der Waals surface area contributed by atoms with Crippen LogP contribution in [0.5, 0.6) is 0 Å². The van der Waals surface area contributed by atoms with E-state index in [0.29, 0.717) is 0 Å². The second-order valence-electron chi connectivity index (χ2n) is 4.13. The molecule has 19 heavy (non-hydrogen) atoms. The number of carbonyl (C=O) groups is 1. The maximum atomic E-state index is 10.7. The number of pyridine rings is 1. The van der Waals surface area contributed by atoms with Crippen molar-refractivity contribution in [2.75, 3.05) is 0 Å². The smallest absolute Gasteiger partial charge is 0.307 e. The summed E-state index contributed by atoms with van der Waals surface area (Å²) >= 11 is 1.55. The standard InChI is InChI=1S/C14H10N2O2S/c17-13(18)7-9-3-4-11-12(6-9)19-14(16-11)10-2-1-5-15-8-10/h1-6,8H,7H2,(H,17,18). The SMILES string of the molecule is O=C(O)Cc1ccc2nc(-c3cccnc3)sc2c1. The van der Waals surface area contributed by atoms with Crippen LogP contribution in [0.1, 0.15) is 5.56 Å². The summed E-state index contributed by atoms with van der Waals surface area (Å²) in [7, 11) is 0. The Morgan fingerprint density at radius 1 is 1.32 bits per heavy atom. The van der Waals surface area contributed by atoms with Crippen LogP contribution in [0.3, 0.4) is 0 Å². The van der Waals surface area contributed by atoms with Crippen molar-refractivity contribution in [1.82, 2.24) is 9.97 Å². The number of aliphatic carboxylic acids is 1. The van der Waals surface area contributed by atoms with Crippen molar-refractivity contribution in [1.29, 1.82) is 0 Å². The summed E-state index contributed by atoms with van der Waals surface area (Å²) in [6.07, 6.45) is 3.54. The number of carboxylic acids is 1. The molecule has 94 valence electrons. The van der Waals surface area contributed by atoms with Crippen LogP contribution in [0.4, 0.5) is 0 Å². The minimum absolute atomic E-state index is 0.0378. The third-order valence-corrected chi connectivity index (χ3v) is 3.78. The van der Waals surface area contributed by atoms with E-state index < -0.39 is 5.97 Å². The molecule has 0 saturated carbocycles. The molecule has 0 atom stereocenters. The molecule has 0 fully saturated rings. The van der Waals surface area contributed by atoms with Crippen molar-refractivity contribution in [3.63, 3.8) is 0 Å². The predicted molar refractivity (Wildman–Crippen MR) is 74.2 cm³/mol. The molecule has 0 aliphatic heterocycles. The molecule has 0 aliphatic rings. The Morgan fingerprint density at radius 2 is 2.21 bits per heavy atom.